The second-order valence-corrected chi connectivity index (χ2v) is 5.19. The van der Waals surface area contributed by atoms with Crippen LogP contribution in [-0.2, 0) is 4.79 Å². The molecule has 3 N–H and O–H groups in total. The maximum atomic E-state index is 13.1. The van der Waals surface area contributed by atoms with Gasteiger partial charge in [0.2, 0.25) is 0 Å². The van der Waals surface area contributed by atoms with Gasteiger partial charge in [-0.2, -0.15) is 0 Å². The summed E-state index contributed by atoms with van der Waals surface area (Å²) in [6.07, 6.45) is 0.0626. The maximum Gasteiger partial charge on any atom is 0.309 e. The van der Waals surface area contributed by atoms with Gasteiger partial charge in [-0.1, -0.05) is 11.6 Å². The third-order valence-corrected chi connectivity index (χ3v) is 3.08. The van der Waals surface area contributed by atoms with E-state index in [1.807, 2.05) is 0 Å². The van der Waals surface area contributed by atoms with E-state index >= 15 is 0 Å². The van der Waals surface area contributed by atoms with Gasteiger partial charge in [0.25, 0.3) is 0 Å². The van der Waals surface area contributed by atoms with Gasteiger partial charge in [-0.15, -0.1) is 0 Å². The van der Waals surface area contributed by atoms with Crippen molar-refractivity contribution in [1.82, 2.24) is 0 Å². The molecule has 0 saturated carbocycles. The second kappa shape index (κ2) is 5.20. The molecule has 6 heteroatoms. The monoisotopic (exact) mass is 277 g/mol. The van der Waals surface area contributed by atoms with Crippen LogP contribution in [0.15, 0.2) is 12.1 Å². The Morgan fingerprint density at radius 2 is 1.94 bits per heavy atom. The van der Waals surface area contributed by atoms with Crippen molar-refractivity contribution >= 4 is 17.6 Å². The molecule has 1 rings (SSSR count). The number of carboxylic acids is 1. The van der Waals surface area contributed by atoms with Crippen LogP contribution >= 0.6 is 11.6 Å². The smallest absolute Gasteiger partial charge is 0.309 e. The fraction of sp³-hybridized carbons (Fsp3) is 0.417. The highest BCUT2D eigenvalue weighted by Gasteiger charge is 2.30. The van der Waals surface area contributed by atoms with Crippen LogP contribution in [0.4, 0.5) is 8.78 Å². The molecule has 1 unspecified atom stereocenters. The van der Waals surface area contributed by atoms with E-state index in [4.69, 9.17) is 22.4 Å². The third kappa shape index (κ3) is 3.17. The van der Waals surface area contributed by atoms with Gasteiger partial charge in [0.05, 0.1) is 5.41 Å². The van der Waals surface area contributed by atoms with Crippen molar-refractivity contribution in [2.24, 2.45) is 11.1 Å². The number of aliphatic carboxylic acids is 1. The number of hydrogen-bond donors (Lipinski definition) is 2. The highest BCUT2D eigenvalue weighted by atomic mass is 35.5. The van der Waals surface area contributed by atoms with Crippen LogP contribution in [0, 0.1) is 17.0 Å². The van der Waals surface area contributed by atoms with Crippen molar-refractivity contribution in [3.8, 4) is 0 Å². The van der Waals surface area contributed by atoms with Crippen LogP contribution in [0.2, 0.25) is 5.02 Å². The van der Waals surface area contributed by atoms with E-state index in [1.165, 1.54) is 13.8 Å². The molecule has 1 atom stereocenters. The highest BCUT2D eigenvalue weighted by molar-refractivity contribution is 6.31. The Morgan fingerprint density at radius 1 is 1.44 bits per heavy atom. The topological polar surface area (TPSA) is 63.3 Å². The summed E-state index contributed by atoms with van der Waals surface area (Å²) < 4.78 is 26.0. The van der Waals surface area contributed by atoms with Crippen LogP contribution in [0.5, 0.6) is 0 Å². The predicted octanol–water partition coefficient (Wildman–Crippen LogP) is 3.12. The first kappa shape index (κ1) is 14.9. The molecule has 0 radical (unpaired) electrons. The Hall–Kier alpha value is -1.20. The Bertz CT molecular complexity index is 477. The third-order valence-electron chi connectivity index (χ3n) is 2.75. The maximum absolute atomic E-state index is 13.1. The van der Waals surface area contributed by atoms with Crippen LogP contribution in [0.3, 0.4) is 0 Å². The number of nitrogens with two attached hydrogens (primary N) is 1. The molecule has 0 heterocycles. The molecule has 100 valence electrons. The van der Waals surface area contributed by atoms with E-state index in [9.17, 15) is 13.6 Å². The summed E-state index contributed by atoms with van der Waals surface area (Å²) >= 11 is 5.77. The van der Waals surface area contributed by atoms with Crippen molar-refractivity contribution in [2.45, 2.75) is 26.3 Å². The van der Waals surface area contributed by atoms with Crippen LogP contribution in [0.1, 0.15) is 31.9 Å². The lowest BCUT2D eigenvalue weighted by atomic mass is 9.84. The summed E-state index contributed by atoms with van der Waals surface area (Å²) in [6, 6.07) is 0.957. The van der Waals surface area contributed by atoms with Crippen LogP contribution in [0.25, 0.3) is 0 Å². The molecule has 0 aromatic heterocycles. The fourth-order valence-corrected chi connectivity index (χ4v) is 1.86. The summed E-state index contributed by atoms with van der Waals surface area (Å²) in [7, 11) is 0. The Labute approximate surface area is 109 Å². The Balaban J connectivity index is 3.01. The molecule has 0 aliphatic heterocycles. The number of rotatable bonds is 4. The molecule has 0 bridgehead atoms. The molecular weight excluding hydrogens is 264 g/mol. The van der Waals surface area contributed by atoms with Gasteiger partial charge in [-0.3, -0.25) is 4.79 Å². The fourth-order valence-electron chi connectivity index (χ4n) is 1.57. The molecule has 0 aliphatic carbocycles. The minimum Gasteiger partial charge on any atom is -0.481 e. The quantitative estimate of drug-likeness (QED) is 0.831. The lowest BCUT2D eigenvalue weighted by Gasteiger charge is -2.24. The van der Waals surface area contributed by atoms with E-state index < -0.39 is 29.1 Å². The van der Waals surface area contributed by atoms with Gasteiger partial charge in [0, 0.05) is 11.1 Å². The largest absolute Gasteiger partial charge is 0.481 e. The molecule has 1 aromatic rings. The summed E-state index contributed by atoms with van der Waals surface area (Å²) in [4.78, 5) is 11.0. The van der Waals surface area contributed by atoms with Crippen molar-refractivity contribution in [1.29, 1.82) is 0 Å². The molecule has 18 heavy (non-hydrogen) atoms. The molecule has 0 fully saturated rings. The average molecular weight is 278 g/mol. The van der Waals surface area contributed by atoms with Crippen molar-refractivity contribution in [3.63, 3.8) is 0 Å². The predicted molar refractivity (Wildman–Crippen MR) is 64.3 cm³/mol. The summed E-state index contributed by atoms with van der Waals surface area (Å²) in [5.41, 5.74) is 4.93. The number of halogens is 3. The first-order chi connectivity index (χ1) is 8.15. The van der Waals surface area contributed by atoms with Gasteiger partial charge in [0.1, 0.15) is 0 Å². The Kier molecular flexibility index (Phi) is 4.29. The first-order valence-corrected chi connectivity index (χ1v) is 5.66. The number of carboxylic acid groups (broad SMARTS) is 1. The standard InChI is InChI=1S/C12H14ClF2NO2/c1-12(2,11(17)18)5-10(16)6-3-8(14)9(15)4-7(6)13/h3-4,10H,5,16H2,1-2H3,(H,17,18). The molecule has 0 spiro atoms. The molecular formula is C12H14ClF2NO2. The van der Waals surface area contributed by atoms with Gasteiger partial charge in [-0.05, 0) is 38.0 Å². The average Bonchev–Trinajstić information content (AvgIpc) is 2.22. The molecule has 0 aliphatic rings. The molecule has 0 amide bonds. The molecule has 0 saturated heterocycles. The second-order valence-electron chi connectivity index (χ2n) is 4.79. The zero-order valence-corrected chi connectivity index (χ0v) is 10.8. The number of benzene rings is 1. The zero-order chi connectivity index (χ0) is 14.1. The van der Waals surface area contributed by atoms with E-state index in [2.05, 4.69) is 0 Å². The van der Waals surface area contributed by atoms with Gasteiger partial charge in [0.15, 0.2) is 11.6 Å². The lowest BCUT2D eigenvalue weighted by molar-refractivity contribution is -0.147. The van der Waals surface area contributed by atoms with Gasteiger partial charge in [-0.25, -0.2) is 8.78 Å². The van der Waals surface area contributed by atoms with Crippen molar-refractivity contribution < 1.29 is 18.7 Å². The van der Waals surface area contributed by atoms with E-state index in [-0.39, 0.29) is 17.0 Å². The zero-order valence-electron chi connectivity index (χ0n) is 10.0. The van der Waals surface area contributed by atoms with E-state index in [0.717, 1.165) is 12.1 Å². The Morgan fingerprint density at radius 3 is 2.44 bits per heavy atom. The highest BCUT2D eigenvalue weighted by Crippen LogP contribution is 2.32. The van der Waals surface area contributed by atoms with Crippen LogP contribution in [-0.4, -0.2) is 11.1 Å². The molecule has 1 aromatic carbocycles. The number of carbonyl (C=O) groups is 1. The SMILES string of the molecule is CC(C)(CC(N)c1cc(F)c(F)cc1Cl)C(=O)O. The van der Waals surface area contributed by atoms with Gasteiger partial charge < -0.3 is 10.8 Å². The van der Waals surface area contributed by atoms with Crippen molar-refractivity contribution in [3.05, 3.63) is 34.4 Å². The minimum atomic E-state index is -1.08. The lowest BCUT2D eigenvalue weighted by Crippen LogP contribution is -2.29. The minimum absolute atomic E-state index is 0.0115. The van der Waals surface area contributed by atoms with Gasteiger partial charge >= 0.3 is 5.97 Å². The summed E-state index contributed by atoms with van der Waals surface area (Å²) in [5, 5.41) is 8.97. The normalized spacial score (nSPS) is 13.4. The summed E-state index contributed by atoms with van der Waals surface area (Å²) in [6.45, 7) is 3.01. The van der Waals surface area contributed by atoms with E-state index in [1.54, 1.807) is 0 Å². The summed E-state index contributed by atoms with van der Waals surface area (Å²) in [5.74, 6) is -3.14. The van der Waals surface area contributed by atoms with Crippen LogP contribution < -0.4 is 5.73 Å². The van der Waals surface area contributed by atoms with E-state index in [0.29, 0.717) is 0 Å². The number of hydrogen-bond acceptors (Lipinski definition) is 2. The first-order valence-electron chi connectivity index (χ1n) is 5.28. The molecule has 3 nitrogen and oxygen atoms in total. The van der Waals surface area contributed by atoms with Crippen molar-refractivity contribution in [2.75, 3.05) is 0 Å².